The summed E-state index contributed by atoms with van der Waals surface area (Å²) in [5, 5.41) is 7.32. The van der Waals surface area contributed by atoms with Crippen molar-refractivity contribution in [2.24, 2.45) is 5.41 Å². The van der Waals surface area contributed by atoms with Gasteiger partial charge in [-0.3, -0.25) is 0 Å². The van der Waals surface area contributed by atoms with E-state index in [1.54, 1.807) is 0 Å². The molecule has 3 aromatic heterocycles. The van der Waals surface area contributed by atoms with Crippen LogP contribution in [-0.2, 0) is 0 Å². The first-order chi connectivity index (χ1) is 29.1. The van der Waals surface area contributed by atoms with Crippen molar-refractivity contribution in [3.05, 3.63) is 212 Å². The second-order valence-electron chi connectivity index (χ2n) is 16.0. The van der Waals surface area contributed by atoms with E-state index < -0.39 is 0 Å². The van der Waals surface area contributed by atoms with Gasteiger partial charge in [-0.15, -0.1) is 0 Å². The van der Waals surface area contributed by atoms with E-state index in [-0.39, 0.29) is 5.41 Å². The molecule has 2 aliphatic carbocycles. The van der Waals surface area contributed by atoms with Crippen LogP contribution in [0.25, 0.3) is 93.8 Å². The van der Waals surface area contributed by atoms with E-state index in [2.05, 4.69) is 216 Å². The summed E-state index contributed by atoms with van der Waals surface area (Å²) in [7, 11) is 0. The molecule has 10 aromatic rings. The number of hydrogen-bond donors (Lipinski definition) is 0. The third kappa shape index (κ3) is 5.23. The van der Waals surface area contributed by atoms with Gasteiger partial charge in [0.1, 0.15) is 0 Å². The summed E-state index contributed by atoms with van der Waals surface area (Å²) < 4.78 is 4.88. The molecule has 3 heterocycles. The van der Waals surface area contributed by atoms with E-state index in [4.69, 9.17) is 9.97 Å². The molecule has 0 N–H and O–H groups in total. The fraction of sp³-hybridized carbons (Fsp3) is 0.0545. The molecular formula is C55H38N4. The van der Waals surface area contributed by atoms with E-state index in [1.165, 1.54) is 54.6 Å². The molecule has 59 heavy (non-hydrogen) atoms. The van der Waals surface area contributed by atoms with Gasteiger partial charge < -0.3 is 9.13 Å². The monoisotopic (exact) mass is 754 g/mol. The molecule has 4 heteroatoms. The highest BCUT2D eigenvalue weighted by Crippen LogP contribution is 2.45. The van der Waals surface area contributed by atoms with Gasteiger partial charge in [0, 0.05) is 54.7 Å². The molecule has 0 aliphatic heterocycles. The number of fused-ring (bicyclic) bond motifs is 9. The summed E-state index contributed by atoms with van der Waals surface area (Å²) in [6.07, 6.45) is 14.3. The molecule has 2 aliphatic rings. The van der Waals surface area contributed by atoms with Gasteiger partial charge in [-0.05, 0) is 78.1 Å². The molecule has 0 amide bonds. The summed E-state index contributed by atoms with van der Waals surface area (Å²) in [5.41, 5.74) is 13.2. The Morgan fingerprint density at radius 2 is 1.14 bits per heavy atom. The van der Waals surface area contributed by atoms with Gasteiger partial charge in [-0.2, -0.15) is 0 Å². The summed E-state index contributed by atoms with van der Waals surface area (Å²) in [6.45, 7) is 2.30. The fourth-order valence-corrected chi connectivity index (χ4v) is 9.55. The van der Waals surface area contributed by atoms with Gasteiger partial charge >= 0.3 is 0 Å². The number of allylic oxidation sites excluding steroid dienone is 8. The second kappa shape index (κ2) is 13.0. The first-order valence-corrected chi connectivity index (χ1v) is 20.4. The molecule has 278 valence electrons. The Hall–Kier alpha value is -7.56. The van der Waals surface area contributed by atoms with E-state index >= 15 is 0 Å². The predicted octanol–water partition coefficient (Wildman–Crippen LogP) is 14.0. The van der Waals surface area contributed by atoms with Crippen molar-refractivity contribution in [3.63, 3.8) is 0 Å². The molecule has 1 atom stereocenters. The lowest BCUT2D eigenvalue weighted by Crippen LogP contribution is -2.19. The molecule has 7 aromatic carbocycles. The Labute approximate surface area is 342 Å². The van der Waals surface area contributed by atoms with Gasteiger partial charge in [0.15, 0.2) is 5.82 Å². The van der Waals surface area contributed by atoms with Gasteiger partial charge in [0.05, 0.1) is 39.1 Å². The summed E-state index contributed by atoms with van der Waals surface area (Å²) >= 11 is 0. The SMILES string of the molecule is CC12C=CC=CC1=CC(c1nc(-c3ccccc3)cc(-c3cc(-n4c5ccccc5c5c6c7ccccc7n(-c7ccccc7)c6ccc54)c4ccccc4c3)n1)=CC2. The first kappa shape index (κ1) is 33.6. The highest BCUT2D eigenvalue weighted by molar-refractivity contribution is 6.29. The van der Waals surface area contributed by atoms with Gasteiger partial charge in [-0.1, -0.05) is 146 Å². The maximum absolute atomic E-state index is 5.40. The average molecular weight is 755 g/mol. The molecule has 4 nitrogen and oxygen atoms in total. The highest BCUT2D eigenvalue weighted by atomic mass is 15.0. The summed E-state index contributed by atoms with van der Waals surface area (Å²) in [4.78, 5) is 10.6. The fourth-order valence-electron chi connectivity index (χ4n) is 9.55. The molecule has 0 spiro atoms. The minimum Gasteiger partial charge on any atom is -0.309 e. The maximum atomic E-state index is 5.40. The number of rotatable bonds is 5. The first-order valence-electron chi connectivity index (χ1n) is 20.4. The zero-order valence-corrected chi connectivity index (χ0v) is 32.5. The van der Waals surface area contributed by atoms with E-state index in [0.29, 0.717) is 0 Å². The molecule has 0 saturated heterocycles. The van der Waals surface area contributed by atoms with Crippen molar-refractivity contribution in [1.29, 1.82) is 0 Å². The van der Waals surface area contributed by atoms with Gasteiger partial charge in [0.25, 0.3) is 0 Å². The van der Waals surface area contributed by atoms with Crippen molar-refractivity contribution < 1.29 is 0 Å². The lowest BCUT2D eigenvalue weighted by Gasteiger charge is -2.32. The molecule has 0 radical (unpaired) electrons. The smallest absolute Gasteiger partial charge is 0.160 e. The largest absolute Gasteiger partial charge is 0.309 e. The minimum absolute atomic E-state index is 0.0181. The number of benzene rings is 7. The summed E-state index contributed by atoms with van der Waals surface area (Å²) in [5.74, 6) is 0.739. The quantitative estimate of drug-likeness (QED) is 0.175. The van der Waals surface area contributed by atoms with Crippen molar-refractivity contribution in [2.75, 3.05) is 0 Å². The molecule has 12 rings (SSSR count). The van der Waals surface area contributed by atoms with Crippen LogP contribution >= 0.6 is 0 Å². The third-order valence-corrected chi connectivity index (χ3v) is 12.5. The number of nitrogens with zero attached hydrogens (tertiary/aromatic N) is 4. The van der Waals surface area contributed by atoms with Crippen LogP contribution in [0.1, 0.15) is 19.2 Å². The number of para-hydroxylation sites is 3. The van der Waals surface area contributed by atoms with E-state index in [1.807, 2.05) is 0 Å². The van der Waals surface area contributed by atoms with Crippen LogP contribution in [0.4, 0.5) is 0 Å². The lowest BCUT2D eigenvalue weighted by molar-refractivity contribution is 0.528. The maximum Gasteiger partial charge on any atom is 0.160 e. The molecule has 0 fully saturated rings. The Balaban J connectivity index is 1.12. The van der Waals surface area contributed by atoms with Crippen LogP contribution in [0, 0.1) is 5.41 Å². The van der Waals surface area contributed by atoms with Gasteiger partial charge in [-0.25, -0.2) is 9.97 Å². The number of aromatic nitrogens is 4. The Kier molecular flexibility index (Phi) is 7.39. The molecular weight excluding hydrogens is 717 g/mol. The third-order valence-electron chi connectivity index (χ3n) is 12.5. The summed E-state index contributed by atoms with van der Waals surface area (Å²) in [6, 6.07) is 59.0. The molecule has 0 saturated carbocycles. The van der Waals surface area contributed by atoms with Crippen molar-refractivity contribution in [3.8, 4) is 33.9 Å². The van der Waals surface area contributed by atoms with Crippen LogP contribution < -0.4 is 0 Å². The Morgan fingerprint density at radius 1 is 0.525 bits per heavy atom. The Morgan fingerprint density at radius 3 is 1.88 bits per heavy atom. The minimum atomic E-state index is -0.0181. The topological polar surface area (TPSA) is 35.6 Å². The zero-order valence-electron chi connectivity index (χ0n) is 32.5. The molecule has 0 bridgehead atoms. The van der Waals surface area contributed by atoms with Crippen molar-refractivity contribution in [2.45, 2.75) is 13.3 Å². The normalized spacial score (nSPS) is 16.3. The zero-order chi connectivity index (χ0) is 39.1. The lowest BCUT2D eigenvalue weighted by atomic mass is 9.73. The Bertz CT molecular complexity index is 3470. The van der Waals surface area contributed by atoms with Crippen LogP contribution in [0.3, 0.4) is 0 Å². The highest BCUT2D eigenvalue weighted by Gasteiger charge is 2.29. The average Bonchev–Trinajstić information content (AvgIpc) is 3.81. The number of hydrogen-bond acceptors (Lipinski definition) is 2. The van der Waals surface area contributed by atoms with Crippen molar-refractivity contribution in [1.82, 2.24) is 19.1 Å². The standard InChI is InChI=1S/C55H38N4/c1-55-30-15-14-19-40(55)33-38(29-31-55)54-56-45(36-16-4-2-5-17-36)35-46(57-54)39-32-37-18-8-9-22-42(37)51(34-39)59-48-26-13-11-24-44(48)53-50(59)28-27-49-52(53)43-23-10-12-25-47(43)58(49)41-20-6-3-7-21-41/h2-30,32-35H,31H2,1H3. The molecule has 1 unspecified atom stereocenters. The van der Waals surface area contributed by atoms with Crippen LogP contribution in [0.15, 0.2) is 206 Å². The second-order valence-corrected chi connectivity index (χ2v) is 16.0. The van der Waals surface area contributed by atoms with Crippen LogP contribution in [-0.4, -0.2) is 19.1 Å². The van der Waals surface area contributed by atoms with Crippen LogP contribution in [0.5, 0.6) is 0 Å². The predicted molar refractivity (Wildman–Crippen MR) is 246 cm³/mol. The van der Waals surface area contributed by atoms with Gasteiger partial charge in [0.2, 0.25) is 0 Å². The van der Waals surface area contributed by atoms with Crippen molar-refractivity contribution >= 4 is 60.0 Å². The van der Waals surface area contributed by atoms with Crippen LogP contribution in [0.2, 0.25) is 0 Å². The van der Waals surface area contributed by atoms with E-state index in [9.17, 15) is 0 Å². The van der Waals surface area contributed by atoms with E-state index in [0.717, 1.165) is 57.1 Å².